The van der Waals surface area contributed by atoms with E-state index >= 15 is 0 Å². The number of nitrogens with two attached hydrogens (primary N) is 1. The lowest BCUT2D eigenvalue weighted by Gasteiger charge is -2.47. The molecule has 1 aliphatic carbocycles. The van der Waals surface area contributed by atoms with E-state index < -0.39 is 30.1 Å². The number of hydrogen-bond donors (Lipinski definition) is 1. The zero-order valence-electron chi connectivity index (χ0n) is 15.7. The third kappa shape index (κ3) is 3.65. The lowest BCUT2D eigenvalue weighted by atomic mass is 9.72. The number of amides is 1. The van der Waals surface area contributed by atoms with Crippen LogP contribution in [-0.2, 0) is 15.1 Å². The zero-order valence-corrected chi connectivity index (χ0v) is 15.7. The van der Waals surface area contributed by atoms with Crippen LogP contribution in [0.2, 0.25) is 0 Å². The van der Waals surface area contributed by atoms with Crippen LogP contribution in [0.15, 0.2) is 23.2 Å². The minimum absolute atomic E-state index is 0.0548. The van der Waals surface area contributed by atoms with Gasteiger partial charge in [-0.05, 0) is 43.4 Å². The first-order chi connectivity index (χ1) is 13.6. The van der Waals surface area contributed by atoms with Gasteiger partial charge in [-0.1, -0.05) is 0 Å². The third-order valence-electron chi connectivity index (χ3n) is 5.80. The second-order valence-corrected chi connectivity index (χ2v) is 7.81. The van der Waals surface area contributed by atoms with Crippen LogP contribution in [0.5, 0.6) is 5.75 Å². The van der Waals surface area contributed by atoms with Crippen LogP contribution in [-0.4, -0.2) is 49.3 Å². The van der Waals surface area contributed by atoms with Crippen LogP contribution in [0.4, 0.5) is 17.6 Å². The second kappa shape index (κ2) is 6.86. The lowest BCUT2D eigenvalue weighted by molar-refractivity contribution is -0.153. The Labute approximate surface area is 164 Å². The van der Waals surface area contributed by atoms with Gasteiger partial charge in [0.15, 0.2) is 12.6 Å². The van der Waals surface area contributed by atoms with Gasteiger partial charge in [-0.15, -0.1) is 0 Å². The smallest absolute Gasteiger partial charge is 0.422 e. The predicted octanol–water partition coefficient (Wildman–Crippen LogP) is 2.56. The number of hydrogen-bond acceptors (Lipinski definition) is 5. The van der Waals surface area contributed by atoms with Gasteiger partial charge in [0.2, 0.25) is 5.91 Å². The van der Waals surface area contributed by atoms with Gasteiger partial charge in [-0.2, -0.15) is 13.2 Å². The van der Waals surface area contributed by atoms with Gasteiger partial charge in [0, 0.05) is 12.6 Å². The van der Waals surface area contributed by atoms with Crippen LogP contribution >= 0.6 is 0 Å². The fraction of sp³-hybridized carbons (Fsp3) is 0.579. The number of carbonyl (C=O) groups excluding carboxylic acids is 1. The fourth-order valence-electron chi connectivity index (χ4n) is 4.08. The molecule has 10 heteroatoms. The van der Waals surface area contributed by atoms with Crippen molar-refractivity contribution in [3.63, 3.8) is 0 Å². The molecule has 0 spiro atoms. The number of aliphatic imine (C=N–C) groups is 1. The Bertz CT molecular complexity index is 856. The van der Waals surface area contributed by atoms with Crippen molar-refractivity contribution in [2.24, 2.45) is 22.6 Å². The summed E-state index contributed by atoms with van der Waals surface area (Å²) in [6.45, 7) is -1.60. The van der Waals surface area contributed by atoms with E-state index in [4.69, 9.17) is 15.2 Å². The molecule has 2 N–H and O–H groups in total. The lowest BCUT2D eigenvalue weighted by Crippen LogP contribution is -2.60. The summed E-state index contributed by atoms with van der Waals surface area (Å²) < 4.78 is 63.1. The summed E-state index contributed by atoms with van der Waals surface area (Å²) in [6.07, 6.45) is -2.30. The first-order valence-corrected chi connectivity index (χ1v) is 9.35. The number of guanidine groups is 1. The number of ether oxygens (including phenoxy) is 2. The first-order valence-electron chi connectivity index (χ1n) is 9.35. The molecule has 4 rings (SSSR count). The van der Waals surface area contributed by atoms with Crippen LogP contribution < -0.4 is 10.5 Å². The quantitative estimate of drug-likeness (QED) is 0.767. The number of nitrogens with zero attached hydrogens (tertiary/aromatic N) is 2. The van der Waals surface area contributed by atoms with E-state index in [0.29, 0.717) is 12.3 Å². The Morgan fingerprint density at radius 3 is 2.76 bits per heavy atom. The van der Waals surface area contributed by atoms with Gasteiger partial charge < -0.3 is 15.2 Å². The van der Waals surface area contributed by atoms with Crippen molar-refractivity contribution < 1.29 is 31.8 Å². The van der Waals surface area contributed by atoms with Crippen LogP contribution in [0, 0.1) is 17.7 Å². The van der Waals surface area contributed by atoms with Gasteiger partial charge in [-0.25, -0.2) is 9.38 Å². The summed E-state index contributed by atoms with van der Waals surface area (Å²) in [6, 6.07) is 3.27. The minimum atomic E-state index is -4.53. The maximum Gasteiger partial charge on any atom is 0.422 e. The average molecular weight is 415 g/mol. The van der Waals surface area contributed by atoms with Crippen molar-refractivity contribution in [1.82, 2.24) is 4.90 Å². The molecule has 1 amide bonds. The number of rotatable bonds is 4. The summed E-state index contributed by atoms with van der Waals surface area (Å²) in [4.78, 5) is 18.6. The summed E-state index contributed by atoms with van der Waals surface area (Å²) in [7, 11) is 1.49. The molecule has 3 atom stereocenters. The molecule has 2 fully saturated rings. The molecule has 0 bridgehead atoms. The SMILES string of the molecule is CN1C(=O)[C@@H]2C[C@H](C3CC3)OC[C@]2(c2cc(OCC(F)(F)F)ccc2F)N=C1N. The molecule has 6 nitrogen and oxygen atoms in total. The number of benzene rings is 1. The predicted molar refractivity (Wildman–Crippen MR) is 94.6 cm³/mol. The standard InChI is InChI=1S/C19H21F4N3O3/c1-26-16(27)13-7-15(10-2-3-10)29-8-18(13,25-17(26)24)12-6-11(4-5-14(12)20)28-9-19(21,22)23/h4-6,10,13,15H,2-3,7-9H2,1H3,(H2,24,25)/t13-,15+,18+/m0/s1. The van der Waals surface area contributed by atoms with Crippen molar-refractivity contribution in [2.45, 2.75) is 37.1 Å². The molecule has 1 aromatic rings. The molecule has 1 aromatic carbocycles. The van der Waals surface area contributed by atoms with Crippen LogP contribution in [0.25, 0.3) is 0 Å². The zero-order chi connectivity index (χ0) is 21.0. The third-order valence-corrected chi connectivity index (χ3v) is 5.80. The first kappa shape index (κ1) is 19.9. The number of halogens is 4. The molecule has 29 heavy (non-hydrogen) atoms. The molecule has 1 saturated carbocycles. The summed E-state index contributed by atoms with van der Waals surface area (Å²) in [5.74, 6) is -1.66. The minimum Gasteiger partial charge on any atom is -0.484 e. The molecule has 3 aliphatic rings. The molecular formula is C19H21F4N3O3. The van der Waals surface area contributed by atoms with Crippen molar-refractivity contribution in [3.05, 3.63) is 29.6 Å². The maximum atomic E-state index is 14.8. The van der Waals surface area contributed by atoms with E-state index in [1.807, 2.05) is 0 Å². The molecule has 158 valence electrons. The van der Waals surface area contributed by atoms with Crippen LogP contribution in [0.3, 0.4) is 0 Å². The highest BCUT2D eigenvalue weighted by Crippen LogP contribution is 2.49. The average Bonchev–Trinajstić information content (AvgIpc) is 3.50. The molecule has 0 unspecified atom stereocenters. The van der Waals surface area contributed by atoms with Crippen molar-refractivity contribution in [2.75, 3.05) is 20.3 Å². The Morgan fingerprint density at radius 2 is 2.10 bits per heavy atom. The van der Waals surface area contributed by atoms with Gasteiger partial charge >= 0.3 is 6.18 Å². The van der Waals surface area contributed by atoms with Gasteiger partial charge in [0.05, 0.1) is 18.6 Å². The Kier molecular flexibility index (Phi) is 4.71. The van der Waals surface area contributed by atoms with E-state index in [0.717, 1.165) is 31.0 Å². The van der Waals surface area contributed by atoms with E-state index in [9.17, 15) is 22.4 Å². The Hall–Kier alpha value is -2.36. The highest BCUT2D eigenvalue weighted by atomic mass is 19.4. The van der Waals surface area contributed by atoms with Crippen molar-refractivity contribution >= 4 is 11.9 Å². The summed E-state index contributed by atoms with van der Waals surface area (Å²) in [5.41, 5.74) is 4.41. The molecule has 1 saturated heterocycles. The van der Waals surface area contributed by atoms with Gasteiger partial charge in [0.1, 0.15) is 17.1 Å². The van der Waals surface area contributed by atoms with E-state index in [-0.39, 0.29) is 35.9 Å². The van der Waals surface area contributed by atoms with E-state index in [1.54, 1.807) is 0 Å². The van der Waals surface area contributed by atoms with E-state index in [1.165, 1.54) is 11.9 Å². The Morgan fingerprint density at radius 1 is 1.38 bits per heavy atom. The van der Waals surface area contributed by atoms with Crippen molar-refractivity contribution in [3.8, 4) is 5.75 Å². The van der Waals surface area contributed by atoms with E-state index in [2.05, 4.69) is 4.99 Å². The molecule has 2 aliphatic heterocycles. The highest BCUT2D eigenvalue weighted by Gasteiger charge is 2.56. The van der Waals surface area contributed by atoms with Crippen molar-refractivity contribution in [1.29, 1.82) is 0 Å². The highest BCUT2D eigenvalue weighted by molar-refractivity contribution is 6.00. The Balaban J connectivity index is 1.74. The largest absolute Gasteiger partial charge is 0.484 e. The molecule has 0 aromatic heterocycles. The monoisotopic (exact) mass is 415 g/mol. The number of carbonyl (C=O) groups is 1. The molecule has 2 heterocycles. The molecule has 0 radical (unpaired) electrons. The topological polar surface area (TPSA) is 77.2 Å². The van der Waals surface area contributed by atoms with Crippen LogP contribution in [0.1, 0.15) is 24.8 Å². The summed E-state index contributed by atoms with van der Waals surface area (Å²) in [5, 5.41) is 0. The maximum absolute atomic E-state index is 14.8. The normalized spacial score (nSPS) is 30.0. The number of alkyl halides is 3. The molecular weight excluding hydrogens is 394 g/mol. The summed E-state index contributed by atoms with van der Waals surface area (Å²) >= 11 is 0. The number of fused-ring (bicyclic) bond motifs is 1. The van der Waals surface area contributed by atoms with Gasteiger partial charge in [-0.3, -0.25) is 9.69 Å². The second-order valence-electron chi connectivity index (χ2n) is 7.81. The fourth-order valence-corrected chi connectivity index (χ4v) is 4.08. The van der Waals surface area contributed by atoms with Gasteiger partial charge in [0.25, 0.3) is 0 Å².